The highest BCUT2D eigenvalue weighted by atomic mass is 16.4. The lowest BCUT2D eigenvalue weighted by molar-refractivity contribution is -0.809. The van der Waals surface area contributed by atoms with Crippen LogP contribution < -0.4 is 10.0 Å². The summed E-state index contributed by atoms with van der Waals surface area (Å²) in [4.78, 5) is 15.8. The second-order valence-corrected chi connectivity index (χ2v) is 4.66. The van der Waals surface area contributed by atoms with Crippen LogP contribution in [0.2, 0.25) is 0 Å². The molecular formula is C13H22N2O2. The molecule has 0 aromatic rings. The Morgan fingerprint density at radius 3 is 2.59 bits per heavy atom. The number of carbonyl (C=O) groups is 1. The molecule has 0 bridgehead atoms. The van der Waals surface area contributed by atoms with Crippen LogP contribution in [0.4, 0.5) is 0 Å². The quantitative estimate of drug-likeness (QED) is 0.630. The Balaban J connectivity index is 0.000000209. The Morgan fingerprint density at radius 1 is 1.29 bits per heavy atom. The summed E-state index contributed by atoms with van der Waals surface area (Å²) in [5.41, 5.74) is 0.0648. The van der Waals surface area contributed by atoms with Crippen LogP contribution in [-0.2, 0) is 4.79 Å². The van der Waals surface area contributed by atoms with Crippen LogP contribution in [0.5, 0.6) is 0 Å². The van der Waals surface area contributed by atoms with E-state index in [-0.39, 0.29) is 5.57 Å². The lowest BCUT2D eigenvalue weighted by Crippen LogP contribution is -3.15. The van der Waals surface area contributed by atoms with Gasteiger partial charge in [-0.15, -0.1) is 0 Å². The van der Waals surface area contributed by atoms with Gasteiger partial charge in [0.05, 0.1) is 19.1 Å². The predicted molar refractivity (Wildman–Crippen MR) is 65.9 cm³/mol. The number of hydrogen-bond acceptors (Lipinski definition) is 3. The molecule has 96 valence electrons. The number of amidine groups is 1. The second-order valence-electron chi connectivity index (χ2n) is 4.66. The molecule has 0 aliphatic carbocycles. The lowest BCUT2D eigenvalue weighted by atomic mass is 10.2. The molecule has 0 saturated carbocycles. The van der Waals surface area contributed by atoms with Crippen molar-refractivity contribution in [2.24, 2.45) is 4.99 Å². The Kier molecular flexibility index (Phi) is 5.91. The molecule has 0 amide bonds. The van der Waals surface area contributed by atoms with Gasteiger partial charge in [0.15, 0.2) is 5.84 Å². The number of carboxylic acid groups (broad SMARTS) is 1. The van der Waals surface area contributed by atoms with Gasteiger partial charge in [-0.05, 0) is 31.8 Å². The molecule has 0 radical (unpaired) electrons. The van der Waals surface area contributed by atoms with Gasteiger partial charge < -0.3 is 9.90 Å². The number of nitrogens with zero attached hydrogens (tertiary/aromatic N) is 1. The maximum Gasteiger partial charge on any atom is 0.196 e. The standard InChI is InChI=1S/C9H16N2.C4H6O2/c1-2-5-9-10-6-4-8-11(9)7-3-1;1-3(2)4(5)6/h1-8H2;1H2,2H3,(H,5,6). The molecule has 17 heavy (non-hydrogen) atoms. The van der Waals surface area contributed by atoms with E-state index >= 15 is 0 Å². The number of carbonyl (C=O) groups excluding carboxylic acids is 1. The minimum Gasteiger partial charge on any atom is -0.545 e. The van der Waals surface area contributed by atoms with Gasteiger partial charge in [-0.1, -0.05) is 6.58 Å². The second kappa shape index (κ2) is 7.22. The highest BCUT2D eigenvalue weighted by Gasteiger charge is 2.21. The van der Waals surface area contributed by atoms with Crippen molar-refractivity contribution in [1.29, 1.82) is 0 Å². The lowest BCUT2D eigenvalue weighted by Gasteiger charge is -2.21. The Hall–Kier alpha value is -1.16. The molecule has 2 aliphatic heterocycles. The smallest absolute Gasteiger partial charge is 0.196 e. The maximum atomic E-state index is 9.49. The van der Waals surface area contributed by atoms with E-state index in [4.69, 9.17) is 0 Å². The molecular weight excluding hydrogens is 216 g/mol. The molecule has 2 aliphatic rings. The minimum atomic E-state index is -1.19. The Labute approximate surface area is 103 Å². The zero-order chi connectivity index (χ0) is 12.7. The largest absolute Gasteiger partial charge is 0.545 e. The highest BCUT2D eigenvalue weighted by Crippen LogP contribution is 2.03. The van der Waals surface area contributed by atoms with Crippen LogP contribution in [0.3, 0.4) is 0 Å². The topological polar surface area (TPSA) is 56.9 Å². The third-order valence-electron chi connectivity index (χ3n) is 3.09. The van der Waals surface area contributed by atoms with Crippen molar-refractivity contribution in [3.05, 3.63) is 12.2 Å². The van der Waals surface area contributed by atoms with Crippen LogP contribution in [-0.4, -0.2) is 31.4 Å². The van der Waals surface area contributed by atoms with Crippen molar-refractivity contribution < 1.29 is 14.8 Å². The van der Waals surface area contributed by atoms with Gasteiger partial charge in [0, 0.05) is 19.4 Å². The van der Waals surface area contributed by atoms with Gasteiger partial charge in [-0.25, -0.2) is 4.99 Å². The number of carboxylic acids is 1. The molecule has 0 aromatic heterocycles. The van der Waals surface area contributed by atoms with E-state index in [1.165, 1.54) is 58.0 Å². The van der Waals surface area contributed by atoms with Crippen molar-refractivity contribution in [1.82, 2.24) is 0 Å². The van der Waals surface area contributed by atoms with Crippen molar-refractivity contribution in [3.63, 3.8) is 0 Å². The summed E-state index contributed by atoms with van der Waals surface area (Å²) in [7, 11) is 0. The summed E-state index contributed by atoms with van der Waals surface area (Å²) in [5.74, 6) is 0.295. The molecule has 2 heterocycles. The zero-order valence-electron chi connectivity index (χ0n) is 10.6. The van der Waals surface area contributed by atoms with E-state index in [1.54, 1.807) is 4.90 Å². The summed E-state index contributed by atoms with van der Waals surface area (Å²) in [5, 5.41) is 9.49. The SMILES string of the molecule is C1CCC2=NCCC[NH+]2CC1.C=C(C)C(=O)[O-]. The van der Waals surface area contributed by atoms with Gasteiger partial charge in [0.25, 0.3) is 0 Å². The van der Waals surface area contributed by atoms with Gasteiger partial charge in [-0.2, -0.15) is 0 Å². The first kappa shape index (κ1) is 13.9. The molecule has 1 fully saturated rings. The first-order valence-electron chi connectivity index (χ1n) is 6.36. The van der Waals surface area contributed by atoms with Gasteiger partial charge in [-0.3, -0.25) is 4.90 Å². The average molecular weight is 238 g/mol. The maximum absolute atomic E-state index is 9.49. The molecule has 1 atom stereocenters. The van der Waals surface area contributed by atoms with E-state index in [2.05, 4.69) is 11.6 Å². The predicted octanol–water partition coefficient (Wildman–Crippen LogP) is -0.440. The van der Waals surface area contributed by atoms with E-state index in [9.17, 15) is 9.90 Å². The molecule has 4 heteroatoms. The summed E-state index contributed by atoms with van der Waals surface area (Å²) in [6.07, 6.45) is 6.79. The van der Waals surface area contributed by atoms with E-state index in [1.807, 2.05) is 0 Å². The third kappa shape index (κ3) is 5.13. The van der Waals surface area contributed by atoms with Crippen LogP contribution in [0.25, 0.3) is 0 Å². The molecule has 0 spiro atoms. The normalized spacial score (nSPS) is 23.4. The fraction of sp³-hybridized carbons (Fsp3) is 0.692. The number of quaternary nitrogens is 1. The van der Waals surface area contributed by atoms with Gasteiger partial charge >= 0.3 is 0 Å². The van der Waals surface area contributed by atoms with Crippen LogP contribution >= 0.6 is 0 Å². The fourth-order valence-corrected chi connectivity index (χ4v) is 2.10. The number of rotatable bonds is 1. The molecule has 1 N–H and O–H groups in total. The van der Waals surface area contributed by atoms with E-state index in [0.29, 0.717) is 0 Å². The highest BCUT2D eigenvalue weighted by molar-refractivity contribution is 5.82. The van der Waals surface area contributed by atoms with Crippen molar-refractivity contribution in [2.75, 3.05) is 19.6 Å². The average Bonchev–Trinajstić information content (AvgIpc) is 2.54. The van der Waals surface area contributed by atoms with Crippen molar-refractivity contribution in [3.8, 4) is 0 Å². The van der Waals surface area contributed by atoms with Crippen LogP contribution in [0.1, 0.15) is 39.0 Å². The van der Waals surface area contributed by atoms with Gasteiger partial charge in [0.1, 0.15) is 0 Å². The monoisotopic (exact) mass is 238 g/mol. The Bertz CT molecular complexity index is 299. The number of aliphatic carboxylic acids is 1. The number of hydrogen-bond donors (Lipinski definition) is 1. The molecule has 1 unspecified atom stereocenters. The Morgan fingerprint density at radius 2 is 1.94 bits per heavy atom. The number of nitrogens with one attached hydrogen (secondary N) is 1. The summed E-state index contributed by atoms with van der Waals surface area (Å²) in [6, 6.07) is 0. The summed E-state index contributed by atoms with van der Waals surface area (Å²) < 4.78 is 0. The molecule has 0 aromatic carbocycles. The number of fused-ring (bicyclic) bond motifs is 1. The van der Waals surface area contributed by atoms with E-state index in [0.717, 1.165) is 6.54 Å². The van der Waals surface area contributed by atoms with Gasteiger partial charge in [0.2, 0.25) is 0 Å². The summed E-state index contributed by atoms with van der Waals surface area (Å²) >= 11 is 0. The first-order valence-corrected chi connectivity index (χ1v) is 6.36. The molecule has 1 saturated heterocycles. The fourth-order valence-electron chi connectivity index (χ4n) is 2.10. The van der Waals surface area contributed by atoms with Crippen molar-refractivity contribution in [2.45, 2.75) is 39.0 Å². The first-order chi connectivity index (χ1) is 8.11. The van der Waals surface area contributed by atoms with Crippen LogP contribution in [0.15, 0.2) is 17.1 Å². The molecule has 2 rings (SSSR count). The van der Waals surface area contributed by atoms with Crippen molar-refractivity contribution >= 4 is 11.8 Å². The van der Waals surface area contributed by atoms with E-state index < -0.39 is 5.97 Å². The third-order valence-corrected chi connectivity index (χ3v) is 3.09. The summed E-state index contributed by atoms with van der Waals surface area (Å²) in [6.45, 7) is 8.27. The minimum absolute atomic E-state index is 0.0648. The zero-order valence-corrected chi connectivity index (χ0v) is 10.6. The van der Waals surface area contributed by atoms with Crippen LogP contribution in [0, 0.1) is 0 Å². The number of aliphatic imine (C=N–C) groups is 1. The molecule has 4 nitrogen and oxygen atoms in total.